The number of pyridine rings is 1. The maximum absolute atomic E-state index is 5.77. The number of rotatable bonds is 5. The van der Waals surface area contributed by atoms with Gasteiger partial charge in [-0.1, -0.05) is 32.0 Å². The molecule has 2 N–H and O–H groups in total. The van der Waals surface area contributed by atoms with Crippen LogP contribution in [0.4, 0.5) is 5.69 Å². The van der Waals surface area contributed by atoms with Crippen molar-refractivity contribution in [2.24, 2.45) is 11.7 Å². The second kappa shape index (κ2) is 6.02. The van der Waals surface area contributed by atoms with Gasteiger partial charge in [-0.2, -0.15) is 0 Å². The Balaban J connectivity index is 2.55. The van der Waals surface area contributed by atoms with E-state index in [9.17, 15) is 0 Å². The van der Waals surface area contributed by atoms with Crippen molar-refractivity contribution < 1.29 is 0 Å². The summed E-state index contributed by atoms with van der Waals surface area (Å²) in [6.45, 7) is 9.22. The van der Waals surface area contributed by atoms with Crippen LogP contribution < -0.4 is 10.6 Å². The van der Waals surface area contributed by atoms with Crippen LogP contribution in [0.5, 0.6) is 0 Å². The summed E-state index contributed by atoms with van der Waals surface area (Å²) < 4.78 is 0. The average Bonchev–Trinajstić information content (AvgIpc) is 2.43. The molecule has 1 aromatic carbocycles. The maximum Gasteiger partial charge on any atom is 0.0726 e. The summed E-state index contributed by atoms with van der Waals surface area (Å²) in [6.07, 6.45) is 0. The van der Waals surface area contributed by atoms with E-state index in [1.165, 1.54) is 11.1 Å². The van der Waals surface area contributed by atoms with Gasteiger partial charge < -0.3 is 10.6 Å². The van der Waals surface area contributed by atoms with Gasteiger partial charge in [-0.25, -0.2) is 0 Å². The van der Waals surface area contributed by atoms with Crippen molar-refractivity contribution in [3.63, 3.8) is 0 Å². The third kappa shape index (κ3) is 3.04. The number of hydrogen-bond donors (Lipinski definition) is 1. The highest BCUT2D eigenvalue weighted by Crippen LogP contribution is 2.27. The first-order valence-corrected chi connectivity index (χ1v) is 6.99. The third-order valence-electron chi connectivity index (χ3n) is 3.26. The molecule has 0 atom stereocenters. The molecule has 0 unspecified atom stereocenters. The van der Waals surface area contributed by atoms with E-state index in [1.54, 1.807) is 0 Å². The topological polar surface area (TPSA) is 42.1 Å². The SMILES string of the molecule is CCN(CC(C)C)c1cc(CN)nc2ccccc12. The fourth-order valence-electron chi connectivity index (χ4n) is 2.42. The van der Waals surface area contributed by atoms with E-state index in [0.29, 0.717) is 12.5 Å². The van der Waals surface area contributed by atoms with Crippen LogP contribution in [0.25, 0.3) is 10.9 Å². The molecule has 0 spiro atoms. The molecular formula is C16H23N3. The molecule has 3 nitrogen and oxygen atoms in total. The zero-order valence-corrected chi connectivity index (χ0v) is 12.1. The molecule has 0 aliphatic heterocycles. The summed E-state index contributed by atoms with van der Waals surface area (Å²) in [4.78, 5) is 7.01. The molecule has 0 amide bonds. The largest absolute Gasteiger partial charge is 0.371 e. The summed E-state index contributed by atoms with van der Waals surface area (Å²) in [6, 6.07) is 10.4. The van der Waals surface area contributed by atoms with Crippen LogP contribution in [0.3, 0.4) is 0 Å². The molecule has 0 bridgehead atoms. The van der Waals surface area contributed by atoms with Crippen LogP contribution in [0.1, 0.15) is 26.5 Å². The van der Waals surface area contributed by atoms with Crippen molar-refractivity contribution in [1.82, 2.24) is 4.98 Å². The lowest BCUT2D eigenvalue weighted by Crippen LogP contribution is -2.27. The van der Waals surface area contributed by atoms with Gasteiger partial charge in [0, 0.05) is 30.7 Å². The van der Waals surface area contributed by atoms with Crippen LogP contribution in [-0.2, 0) is 6.54 Å². The summed E-state index contributed by atoms with van der Waals surface area (Å²) in [5.74, 6) is 0.633. The number of benzene rings is 1. The predicted octanol–water partition coefficient (Wildman–Crippen LogP) is 3.18. The predicted molar refractivity (Wildman–Crippen MR) is 82.4 cm³/mol. The second-order valence-corrected chi connectivity index (χ2v) is 5.29. The minimum Gasteiger partial charge on any atom is -0.371 e. The summed E-state index contributed by atoms with van der Waals surface area (Å²) >= 11 is 0. The van der Waals surface area contributed by atoms with E-state index in [4.69, 9.17) is 5.73 Å². The van der Waals surface area contributed by atoms with Gasteiger partial charge in [0.25, 0.3) is 0 Å². The zero-order valence-electron chi connectivity index (χ0n) is 12.1. The van der Waals surface area contributed by atoms with Crippen molar-refractivity contribution >= 4 is 16.6 Å². The van der Waals surface area contributed by atoms with Crippen molar-refractivity contribution in [2.45, 2.75) is 27.3 Å². The van der Waals surface area contributed by atoms with Gasteiger partial charge in [0.15, 0.2) is 0 Å². The fraction of sp³-hybridized carbons (Fsp3) is 0.438. The van der Waals surface area contributed by atoms with Gasteiger partial charge in [-0.15, -0.1) is 0 Å². The Morgan fingerprint density at radius 2 is 2.00 bits per heavy atom. The van der Waals surface area contributed by atoms with Crippen LogP contribution in [0.2, 0.25) is 0 Å². The fourth-order valence-corrected chi connectivity index (χ4v) is 2.42. The molecule has 2 aromatic rings. The third-order valence-corrected chi connectivity index (χ3v) is 3.26. The number of nitrogens with zero attached hydrogens (tertiary/aromatic N) is 2. The lowest BCUT2D eigenvalue weighted by atomic mass is 10.1. The van der Waals surface area contributed by atoms with E-state index in [2.05, 4.69) is 54.9 Å². The first kappa shape index (κ1) is 13.8. The molecule has 0 aliphatic carbocycles. The molecule has 0 saturated heterocycles. The number of para-hydroxylation sites is 1. The Hall–Kier alpha value is -1.61. The smallest absolute Gasteiger partial charge is 0.0726 e. The number of fused-ring (bicyclic) bond motifs is 1. The molecule has 2 rings (SSSR count). The van der Waals surface area contributed by atoms with Crippen LogP contribution >= 0.6 is 0 Å². The molecule has 102 valence electrons. The Morgan fingerprint density at radius 3 is 2.63 bits per heavy atom. The summed E-state index contributed by atoms with van der Waals surface area (Å²) in [7, 11) is 0. The quantitative estimate of drug-likeness (QED) is 0.894. The zero-order chi connectivity index (χ0) is 13.8. The highest BCUT2D eigenvalue weighted by molar-refractivity contribution is 5.92. The molecule has 19 heavy (non-hydrogen) atoms. The normalized spacial score (nSPS) is 11.2. The van der Waals surface area contributed by atoms with E-state index >= 15 is 0 Å². The van der Waals surface area contributed by atoms with Gasteiger partial charge in [0.05, 0.1) is 11.2 Å². The lowest BCUT2D eigenvalue weighted by molar-refractivity contribution is 0.619. The molecular weight excluding hydrogens is 234 g/mol. The Kier molecular flexibility index (Phi) is 4.38. The van der Waals surface area contributed by atoms with Crippen LogP contribution in [0.15, 0.2) is 30.3 Å². The molecule has 1 heterocycles. The number of nitrogens with two attached hydrogens (primary N) is 1. The van der Waals surface area contributed by atoms with Crippen molar-refractivity contribution in [2.75, 3.05) is 18.0 Å². The molecule has 0 aliphatic rings. The van der Waals surface area contributed by atoms with Crippen molar-refractivity contribution in [3.05, 3.63) is 36.0 Å². The van der Waals surface area contributed by atoms with Gasteiger partial charge in [0.2, 0.25) is 0 Å². The average molecular weight is 257 g/mol. The lowest BCUT2D eigenvalue weighted by Gasteiger charge is -2.27. The monoisotopic (exact) mass is 257 g/mol. The first-order valence-electron chi connectivity index (χ1n) is 6.99. The van der Waals surface area contributed by atoms with E-state index in [0.717, 1.165) is 24.3 Å². The first-order chi connectivity index (χ1) is 9.15. The summed E-state index contributed by atoms with van der Waals surface area (Å²) in [5, 5.41) is 1.21. The van der Waals surface area contributed by atoms with Gasteiger partial charge >= 0.3 is 0 Å². The number of anilines is 1. The Bertz CT molecular complexity index is 549. The number of hydrogen-bond acceptors (Lipinski definition) is 3. The minimum atomic E-state index is 0.483. The Morgan fingerprint density at radius 1 is 1.26 bits per heavy atom. The van der Waals surface area contributed by atoms with Gasteiger partial charge in [-0.05, 0) is 25.0 Å². The van der Waals surface area contributed by atoms with E-state index in [-0.39, 0.29) is 0 Å². The van der Waals surface area contributed by atoms with E-state index < -0.39 is 0 Å². The van der Waals surface area contributed by atoms with Gasteiger partial charge in [-0.3, -0.25) is 4.98 Å². The maximum atomic E-state index is 5.77. The van der Waals surface area contributed by atoms with Crippen LogP contribution in [0, 0.1) is 5.92 Å². The standard InChI is InChI=1S/C16H23N3/c1-4-19(11-12(2)3)16-9-13(10-17)18-15-8-6-5-7-14(15)16/h5-9,12H,4,10-11,17H2,1-3H3. The molecule has 0 fully saturated rings. The van der Waals surface area contributed by atoms with Crippen molar-refractivity contribution in [1.29, 1.82) is 0 Å². The van der Waals surface area contributed by atoms with E-state index in [1.807, 2.05) is 6.07 Å². The highest BCUT2D eigenvalue weighted by Gasteiger charge is 2.12. The molecule has 0 radical (unpaired) electrons. The molecule has 0 saturated carbocycles. The molecule has 1 aromatic heterocycles. The van der Waals surface area contributed by atoms with Crippen molar-refractivity contribution in [3.8, 4) is 0 Å². The van der Waals surface area contributed by atoms with Gasteiger partial charge in [0.1, 0.15) is 0 Å². The minimum absolute atomic E-state index is 0.483. The molecule has 3 heteroatoms. The summed E-state index contributed by atoms with van der Waals surface area (Å²) in [5.41, 5.74) is 9.01. The Labute approximate surface area is 115 Å². The van der Waals surface area contributed by atoms with Crippen LogP contribution in [-0.4, -0.2) is 18.1 Å². The highest BCUT2D eigenvalue weighted by atomic mass is 15.1. The second-order valence-electron chi connectivity index (χ2n) is 5.29. The number of aromatic nitrogens is 1.